The Labute approximate surface area is 300 Å². The lowest BCUT2D eigenvalue weighted by atomic mass is 9.73. The number of unbranched alkanes of at least 4 members (excludes halogenated alkanes) is 1. The van der Waals surface area contributed by atoms with Crippen LogP contribution in [0, 0.1) is 0 Å². The molecule has 0 spiro atoms. The van der Waals surface area contributed by atoms with Gasteiger partial charge in [0.2, 0.25) is 5.91 Å². The molecule has 2 N–H and O–H groups in total. The lowest BCUT2D eigenvalue weighted by molar-refractivity contribution is -0.141. The third-order valence-electron chi connectivity index (χ3n) is 9.67. The number of alkyl halides is 6. The van der Waals surface area contributed by atoms with E-state index in [4.69, 9.17) is 0 Å². The number of imidazole rings is 1. The third kappa shape index (κ3) is 6.88. The van der Waals surface area contributed by atoms with Crippen molar-refractivity contribution in [3.63, 3.8) is 0 Å². The number of benzene rings is 5. The standard InChI is InChI=1S/C41H32F6N4O2/c42-40(43,44)24-48-38(53)39(32-17-5-3-14-29(32)30-15-4-6-18-33(30)39)21-7-8-22-51-25-49-36-34(19-10-20-35(36)51)50-37(52)31-16-2-1-13-28(31)26-11-9-12-27(23-26)41(45,46)47/h1-6,9-20,23,25H,7-8,21-22,24H2,(H,48,53)(H,50,52). The molecule has 0 aliphatic heterocycles. The van der Waals surface area contributed by atoms with Crippen molar-refractivity contribution in [2.45, 2.75) is 43.6 Å². The molecule has 7 rings (SSSR count). The van der Waals surface area contributed by atoms with Gasteiger partial charge < -0.3 is 15.2 Å². The average molecular weight is 727 g/mol. The maximum atomic E-state index is 13.8. The highest BCUT2D eigenvalue weighted by atomic mass is 19.4. The smallest absolute Gasteiger partial charge is 0.346 e. The zero-order valence-corrected chi connectivity index (χ0v) is 28.1. The highest BCUT2D eigenvalue weighted by Crippen LogP contribution is 2.51. The summed E-state index contributed by atoms with van der Waals surface area (Å²) in [6, 6.07) is 31.1. The van der Waals surface area contributed by atoms with Crippen LogP contribution in [0.3, 0.4) is 0 Å². The summed E-state index contributed by atoms with van der Waals surface area (Å²) in [5.74, 6) is -1.22. The largest absolute Gasteiger partial charge is 0.416 e. The molecular weight excluding hydrogens is 694 g/mol. The van der Waals surface area contributed by atoms with Gasteiger partial charge in [0.05, 0.1) is 23.1 Å². The number of aromatic nitrogens is 2. The van der Waals surface area contributed by atoms with E-state index >= 15 is 0 Å². The molecule has 270 valence electrons. The molecule has 0 bridgehead atoms. The Balaban J connectivity index is 1.10. The van der Waals surface area contributed by atoms with E-state index in [0.717, 1.165) is 23.3 Å². The van der Waals surface area contributed by atoms with Gasteiger partial charge in [-0.1, -0.05) is 84.9 Å². The van der Waals surface area contributed by atoms with Crippen molar-refractivity contribution in [3.05, 3.63) is 144 Å². The van der Waals surface area contributed by atoms with E-state index in [9.17, 15) is 35.9 Å². The molecule has 1 aromatic heterocycles. The number of hydrogen-bond donors (Lipinski definition) is 2. The summed E-state index contributed by atoms with van der Waals surface area (Å²) in [5, 5.41) is 5.03. The molecule has 0 fully saturated rings. The minimum atomic E-state index is -4.57. The van der Waals surface area contributed by atoms with Gasteiger partial charge in [-0.3, -0.25) is 9.59 Å². The van der Waals surface area contributed by atoms with Crippen LogP contribution in [0.1, 0.15) is 46.3 Å². The Morgan fingerprint density at radius 3 is 2.04 bits per heavy atom. The monoisotopic (exact) mass is 726 g/mol. The third-order valence-corrected chi connectivity index (χ3v) is 9.67. The predicted molar refractivity (Wildman–Crippen MR) is 190 cm³/mol. The molecule has 6 nitrogen and oxygen atoms in total. The minimum absolute atomic E-state index is 0.187. The maximum Gasteiger partial charge on any atom is 0.416 e. The summed E-state index contributed by atoms with van der Waals surface area (Å²) < 4.78 is 81.9. The van der Waals surface area contributed by atoms with Crippen molar-refractivity contribution in [2.24, 2.45) is 0 Å². The van der Waals surface area contributed by atoms with Crippen LogP contribution in [0.5, 0.6) is 0 Å². The van der Waals surface area contributed by atoms with Gasteiger partial charge in [0.15, 0.2) is 0 Å². The molecule has 2 amide bonds. The second kappa shape index (κ2) is 13.9. The molecule has 0 saturated carbocycles. The Morgan fingerprint density at radius 1 is 0.717 bits per heavy atom. The summed E-state index contributed by atoms with van der Waals surface area (Å²) in [5.41, 5.74) is 3.24. The van der Waals surface area contributed by atoms with Crippen molar-refractivity contribution < 1.29 is 35.9 Å². The molecule has 0 unspecified atom stereocenters. The number of hydrogen-bond acceptors (Lipinski definition) is 3. The molecule has 6 aromatic rings. The van der Waals surface area contributed by atoms with E-state index in [1.807, 2.05) is 34.9 Å². The summed E-state index contributed by atoms with van der Waals surface area (Å²) in [6.45, 7) is -0.968. The fraction of sp³-hybridized carbons (Fsp3) is 0.195. The zero-order chi connectivity index (χ0) is 37.4. The number of aryl methyl sites for hydroxylation is 1. The first-order chi connectivity index (χ1) is 25.4. The molecule has 1 aliphatic carbocycles. The van der Waals surface area contributed by atoms with Crippen LogP contribution in [0.25, 0.3) is 33.3 Å². The van der Waals surface area contributed by atoms with Gasteiger partial charge in [-0.2, -0.15) is 26.3 Å². The van der Waals surface area contributed by atoms with Crippen LogP contribution >= 0.6 is 0 Å². The first-order valence-electron chi connectivity index (χ1n) is 16.9. The number of anilines is 1. The van der Waals surface area contributed by atoms with E-state index in [2.05, 4.69) is 15.6 Å². The molecule has 1 aliphatic rings. The number of nitrogens with one attached hydrogen (secondary N) is 2. The number of rotatable bonds is 10. The highest BCUT2D eigenvalue weighted by molar-refractivity contribution is 6.11. The molecular formula is C41H32F6N4O2. The molecule has 0 atom stereocenters. The van der Waals surface area contributed by atoms with Gasteiger partial charge >= 0.3 is 12.4 Å². The Kier molecular flexibility index (Phi) is 9.31. The Hall–Kier alpha value is -5.91. The van der Waals surface area contributed by atoms with E-state index in [-0.39, 0.29) is 17.5 Å². The van der Waals surface area contributed by atoms with Crippen LogP contribution in [0.15, 0.2) is 122 Å². The lowest BCUT2D eigenvalue weighted by Gasteiger charge is -2.31. The number of amides is 2. The van der Waals surface area contributed by atoms with Crippen molar-refractivity contribution >= 4 is 28.5 Å². The Morgan fingerprint density at radius 2 is 1.36 bits per heavy atom. The first kappa shape index (κ1) is 35.5. The number of carbonyl (C=O) groups excluding carboxylic acids is 2. The fourth-order valence-electron chi connectivity index (χ4n) is 7.31. The molecule has 0 radical (unpaired) electrons. The zero-order valence-electron chi connectivity index (χ0n) is 28.1. The van der Waals surface area contributed by atoms with E-state index in [0.29, 0.717) is 52.8 Å². The quantitative estimate of drug-likeness (QED) is 0.109. The SMILES string of the molecule is O=C(Nc1cccc2c1ncn2CCCCC1(C(=O)NCC(F)(F)F)c2ccccc2-c2ccccc21)c1ccccc1-c1cccc(C(F)(F)F)c1. The van der Waals surface area contributed by atoms with Crippen molar-refractivity contribution in [3.8, 4) is 22.3 Å². The van der Waals surface area contributed by atoms with Crippen LogP contribution in [-0.2, 0) is 22.9 Å². The van der Waals surface area contributed by atoms with Crippen molar-refractivity contribution in [2.75, 3.05) is 11.9 Å². The molecule has 0 saturated heterocycles. The number of nitrogens with zero attached hydrogens (tertiary/aromatic N) is 2. The van der Waals surface area contributed by atoms with Crippen LogP contribution in [0.2, 0.25) is 0 Å². The number of halogens is 6. The van der Waals surface area contributed by atoms with E-state index < -0.39 is 41.7 Å². The van der Waals surface area contributed by atoms with Crippen molar-refractivity contribution in [1.29, 1.82) is 0 Å². The Bertz CT molecular complexity index is 2280. The maximum absolute atomic E-state index is 13.8. The fourth-order valence-corrected chi connectivity index (χ4v) is 7.31. The topological polar surface area (TPSA) is 76.0 Å². The second-order valence-electron chi connectivity index (χ2n) is 12.9. The molecule has 1 heterocycles. The summed E-state index contributed by atoms with van der Waals surface area (Å²) in [4.78, 5) is 31.9. The van der Waals surface area contributed by atoms with Gasteiger partial charge in [0, 0.05) is 12.1 Å². The lowest BCUT2D eigenvalue weighted by Crippen LogP contribution is -2.47. The highest BCUT2D eigenvalue weighted by Gasteiger charge is 2.49. The van der Waals surface area contributed by atoms with Crippen molar-refractivity contribution in [1.82, 2.24) is 14.9 Å². The summed E-state index contributed by atoms with van der Waals surface area (Å²) >= 11 is 0. The van der Waals surface area contributed by atoms with Crippen LogP contribution in [0.4, 0.5) is 32.0 Å². The molecule has 5 aromatic carbocycles. The molecule has 53 heavy (non-hydrogen) atoms. The summed E-state index contributed by atoms with van der Waals surface area (Å²) in [6.07, 6.45) is -6.16. The first-order valence-corrected chi connectivity index (χ1v) is 16.9. The van der Waals surface area contributed by atoms with Gasteiger partial charge in [0.25, 0.3) is 5.91 Å². The number of fused-ring (bicyclic) bond motifs is 4. The van der Waals surface area contributed by atoms with Crippen LogP contribution in [-0.4, -0.2) is 34.1 Å². The van der Waals surface area contributed by atoms with Gasteiger partial charge in [-0.15, -0.1) is 0 Å². The summed E-state index contributed by atoms with van der Waals surface area (Å²) in [7, 11) is 0. The van der Waals surface area contributed by atoms with Crippen LogP contribution < -0.4 is 10.6 Å². The van der Waals surface area contributed by atoms with E-state index in [1.165, 1.54) is 12.1 Å². The molecule has 12 heteroatoms. The minimum Gasteiger partial charge on any atom is -0.346 e. The second-order valence-corrected chi connectivity index (χ2v) is 12.9. The van der Waals surface area contributed by atoms with Gasteiger partial charge in [-0.05, 0) is 83.0 Å². The van der Waals surface area contributed by atoms with Gasteiger partial charge in [0.1, 0.15) is 17.5 Å². The number of carbonyl (C=O) groups is 2. The number of para-hydroxylation sites is 1. The van der Waals surface area contributed by atoms with E-state index in [1.54, 1.807) is 67.0 Å². The van der Waals surface area contributed by atoms with Gasteiger partial charge in [-0.25, -0.2) is 4.98 Å². The predicted octanol–water partition coefficient (Wildman–Crippen LogP) is 9.79. The average Bonchev–Trinajstić information content (AvgIpc) is 3.70. The normalized spacial score (nSPS) is 13.4.